The van der Waals surface area contributed by atoms with Crippen LogP contribution in [0.15, 0.2) is 57.9 Å². The third kappa shape index (κ3) is 5.99. The average Bonchev–Trinajstić information content (AvgIpc) is 2.79. The number of ether oxygens (including phenoxy) is 1. The van der Waals surface area contributed by atoms with Crippen molar-refractivity contribution in [3.05, 3.63) is 69.8 Å². The monoisotopic (exact) mass is 497 g/mol. The van der Waals surface area contributed by atoms with Crippen LogP contribution >= 0.6 is 11.6 Å². The van der Waals surface area contributed by atoms with Crippen molar-refractivity contribution in [2.75, 3.05) is 21.2 Å². The highest BCUT2D eigenvalue weighted by Crippen LogP contribution is 2.43. The van der Waals surface area contributed by atoms with Gasteiger partial charge in [0.25, 0.3) is 5.91 Å². The minimum absolute atomic E-state index is 0.214. The number of nitrogens with two attached hydrogens (primary N) is 3. The molecule has 1 atom stereocenters. The Kier molecular flexibility index (Phi) is 9.02. The molecule has 0 aliphatic rings. The van der Waals surface area contributed by atoms with E-state index in [1.54, 1.807) is 52.5 Å². The predicted molar refractivity (Wildman–Crippen MR) is 143 cm³/mol. The van der Waals surface area contributed by atoms with Crippen LogP contribution in [0.3, 0.4) is 0 Å². The van der Waals surface area contributed by atoms with Gasteiger partial charge in [0, 0.05) is 47.8 Å². The molecule has 2 rings (SSSR count). The first-order chi connectivity index (χ1) is 16.4. The molecular formula is C25H32ClN7O2. The summed E-state index contributed by atoms with van der Waals surface area (Å²) < 4.78 is 5.85. The van der Waals surface area contributed by atoms with Crippen LogP contribution in [0.1, 0.15) is 41.5 Å². The number of carbonyl (C=O) groups is 1. The Balaban J connectivity index is 2.79. The molecule has 0 aliphatic heterocycles. The fourth-order valence-corrected chi connectivity index (χ4v) is 3.83. The number of nitrogens with zero attached hydrogens (tertiary/aromatic N) is 4. The maximum Gasteiger partial charge on any atom is 0.271 e. The van der Waals surface area contributed by atoms with E-state index in [0.29, 0.717) is 33.3 Å². The largest absolute Gasteiger partial charge is 0.496 e. The Labute approximate surface area is 211 Å². The van der Waals surface area contributed by atoms with Crippen LogP contribution in [0.4, 0.5) is 0 Å². The molecule has 1 unspecified atom stereocenters. The van der Waals surface area contributed by atoms with E-state index in [2.05, 4.69) is 16.6 Å². The molecule has 2 aromatic rings. The summed E-state index contributed by atoms with van der Waals surface area (Å²) >= 11 is 6.65. The van der Waals surface area contributed by atoms with E-state index < -0.39 is 6.04 Å². The van der Waals surface area contributed by atoms with E-state index in [9.17, 15) is 4.79 Å². The molecule has 0 spiro atoms. The van der Waals surface area contributed by atoms with Gasteiger partial charge in [-0.2, -0.15) is 0 Å². The zero-order valence-corrected chi connectivity index (χ0v) is 21.6. The van der Waals surface area contributed by atoms with Gasteiger partial charge in [0.2, 0.25) is 0 Å². The summed E-state index contributed by atoms with van der Waals surface area (Å²) in [4.78, 5) is 27.0. The van der Waals surface area contributed by atoms with Gasteiger partial charge >= 0.3 is 0 Å². The van der Waals surface area contributed by atoms with Crippen LogP contribution in [-0.2, 0) is 0 Å². The fraction of sp³-hybridized carbons (Fsp3) is 0.280. The first-order valence-electron chi connectivity index (χ1n) is 10.7. The Bertz CT molecular complexity index is 1230. The molecule has 0 fully saturated rings. The Morgan fingerprint density at radius 3 is 2.49 bits per heavy atom. The number of aliphatic imine (C=N–C) groups is 2. The lowest BCUT2D eigenvalue weighted by Gasteiger charge is -2.21. The van der Waals surface area contributed by atoms with E-state index in [1.165, 1.54) is 4.90 Å². The van der Waals surface area contributed by atoms with Gasteiger partial charge in [-0.1, -0.05) is 18.2 Å². The Morgan fingerprint density at radius 1 is 1.31 bits per heavy atom. The van der Waals surface area contributed by atoms with Crippen LogP contribution in [0.2, 0.25) is 5.02 Å². The molecule has 0 saturated heterocycles. The molecule has 1 amide bonds. The second kappa shape index (κ2) is 11.5. The minimum atomic E-state index is -0.487. The first-order valence-corrected chi connectivity index (χ1v) is 11.1. The highest BCUT2D eigenvalue weighted by atomic mass is 35.5. The molecule has 0 bridgehead atoms. The van der Waals surface area contributed by atoms with Crippen LogP contribution in [0.5, 0.6) is 5.75 Å². The number of hydrogen-bond donors (Lipinski definition) is 3. The van der Waals surface area contributed by atoms with Crippen molar-refractivity contribution < 1.29 is 9.53 Å². The summed E-state index contributed by atoms with van der Waals surface area (Å²) in [5.41, 5.74) is 21.7. The van der Waals surface area contributed by atoms with Crippen molar-refractivity contribution in [2.24, 2.45) is 27.2 Å². The normalized spacial score (nSPS) is 13.4. The van der Waals surface area contributed by atoms with Gasteiger partial charge in [-0.25, -0.2) is 4.99 Å². The van der Waals surface area contributed by atoms with Gasteiger partial charge in [0.1, 0.15) is 11.4 Å². The molecule has 0 saturated carbocycles. The van der Waals surface area contributed by atoms with Gasteiger partial charge in [-0.05, 0) is 50.1 Å². The van der Waals surface area contributed by atoms with Gasteiger partial charge in [-0.3, -0.25) is 14.8 Å². The second-order valence-corrected chi connectivity index (χ2v) is 8.51. The molecular weight excluding hydrogens is 466 g/mol. The Morgan fingerprint density at radius 2 is 1.97 bits per heavy atom. The molecule has 6 N–H and O–H groups in total. The molecule has 10 heteroatoms. The van der Waals surface area contributed by atoms with Crippen molar-refractivity contribution in [3.8, 4) is 16.9 Å². The van der Waals surface area contributed by atoms with Crippen LogP contribution in [0.25, 0.3) is 11.1 Å². The quantitative estimate of drug-likeness (QED) is 0.303. The Hall–Kier alpha value is -3.85. The maximum absolute atomic E-state index is 12.5. The van der Waals surface area contributed by atoms with Crippen LogP contribution in [-0.4, -0.2) is 49.2 Å². The smallest absolute Gasteiger partial charge is 0.271 e. The maximum atomic E-state index is 12.5. The second-order valence-electron chi connectivity index (χ2n) is 8.10. The number of aromatic nitrogens is 1. The number of amidine groups is 1. The third-order valence-corrected chi connectivity index (χ3v) is 5.68. The molecule has 0 radical (unpaired) electrons. The van der Waals surface area contributed by atoms with Gasteiger partial charge in [0.05, 0.1) is 25.1 Å². The number of pyridine rings is 1. The topological polar surface area (TPSA) is 145 Å². The average molecular weight is 498 g/mol. The standard InChI is InChI=1S/C25H32ClN7O2/c1-13-19(26)11-18(16(4)32-24(31-12-27)22(14(2)28)15(3)29)23(35-7)21(13)17-8-9-30-20(10-17)25(34)33(5)6/h8-12,16H,2,28-29H2,1,3-7H3,(H2,27,31,32). The molecule has 9 nitrogen and oxygen atoms in total. The first kappa shape index (κ1) is 27.4. The number of allylic oxidation sites excluding steroid dienone is 1. The SMILES string of the molecule is C=C(N)C(C(N=CN)=NC(C)c1cc(Cl)c(C)c(-c2ccnc(C(=O)N(C)C)c2)c1OC)=C(C)N. The molecule has 1 aromatic heterocycles. The van der Waals surface area contributed by atoms with Crippen molar-refractivity contribution >= 4 is 29.7 Å². The third-order valence-electron chi connectivity index (χ3n) is 5.28. The lowest BCUT2D eigenvalue weighted by atomic mass is 9.94. The van der Waals surface area contributed by atoms with Crippen molar-refractivity contribution in [1.82, 2.24) is 9.88 Å². The predicted octanol–water partition coefficient (Wildman–Crippen LogP) is 3.57. The summed E-state index contributed by atoms with van der Waals surface area (Å²) in [5, 5.41) is 0.507. The molecule has 0 aliphatic carbocycles. The number of carbonyl (C=O) groups excluding carboxylic acids is 1. The van der Waals surface area contributed by atoms with Gasteiger partial charge < -0.3 is 26.8 Å². The minimum Gasteiger partial charge on any atom is -0.496 e. The number of halogens is 1. The molecule has 35 heavy (non-hydrogen) atoms. The number of amides is 1. The number of hydrogen-bond acceptors (Lipinski definition) is 6. The molecule has 1 aromatic carbocycles. The van der Waals surface area contributed by atoms with Gasteiger partial charge in [0.15, 0.2) is 5.84 Å². The van der Waals surface area contributed by atoms with Crippen LogP contribution < -0.4 is 21.9 Å². The summed E-state index contributed by atoms with van der Waals surface area (Å²) in [5.74, 6) is 0.567. The number of rotatable bonds is 7. The van der Waals surface area contributed by atoms with Crippen molar-refractivity contribution in [1.29, 1.82) is 0 Å². The van der Waals surface area contributed by atoms with E-state index >= 15 is 0 Å². The molecule has 186 valence electrons. The van der Waals surface area contributed by atoms with Gasteiger partial charge in [-0.15, -0.1) is 0 Å². The summed E-state index contributed by atoms with van der Waals surface area (Å²) in [6, 6.07) is 4.81. The van der Waals surface area contributed by atoms with Crippen LogP contribution in [0, 0.1) is 6.92 Å². The van der Waals surface area contributed by atoms with Crippen molar-refractivity contribution in [3.63, 3.8) is 0 Å². The highest BCUT2D eigenvalue weighted by Gasteiger charge is 2.23. The van der Waals surface area contributed by atoms with Crippen molar-refractivity contribution in [2.45, 2.75) is 26.8 Å². The lowest BCUT2D eigenvalue weighted by molar-refractivity contribution is 0.0822. The van der Waals surface area contributed by atoms with E-state index in [0.717, 1.165) is 23.0 Å². The van der Waals surface area contributed by atoms with E-state index in [4.69, 9.17) is 38.5 Å². The molecule has 1 heterocycles. The zero-order chi connectivity index (χ0) is 26.4. The number of methoxy groups -OCH3 is 1. The lowest BCUT2D eigenvalue weighted by Crippen LogP contribution is -2.22. The highest BCUT2D eigenvalue weighted by molar-refractivity contribution is 6.32. The van der Waals surface area contributed by atoms with E-state index in [1.807, 2.05) is 13.8 Å². The fourth-order valence-electron chi connectivity index (χ4n) is 3.61. The van der Waals surface area contributed by atoms with E-state index in [-0.39, 0.29) is 17.4 Å². The summed E-state index contributed by atoms with van der Waals surface area (Å²) in [6.45, 7) is 9.19. The zero-order valence-electron chi connectivity index (χ0n) is 20.9. The summed E-state index contributed by atoms with van der Waals surface area (Å²) in [6.07, 6.45) is 2.69. The summed E-state index contributed by atoms with van der Waals surface area (Å²) in [7, 11) is 4.90. The number of benzene rings is 1.